The summed E-state index contributed by atoms with van der Waals surface area (Å²) in [5.41, 5.74) is 3.15. The first-order chi connectivity index (χ1) is 15.0. The number of rotatable bonds is 8. The lowest BCUT2D eigenvalue weighted by Crippen LogP contribution is -2.37. The Morgan fingerprint density at radius 3 is 2.45 bits per heavy atom. The summed E-state index contributed by atoms with van der Waals surface area (Å²) in [4.78, 5) is 26.8. The van der Waals surface area contributed by atoms with Gasteiger partial charge < -0.3 is 14.5 Å². The molecule has 1 fully saturated rings. The maximum atomic E-state index is 13.1. The van der Waals surface area contributed by atoms with E-state index < -0.39 is 0 Å². The van der Waals surface area contributed by atoms with Gasteiger partial charge >= 0.3 is 0 Å². The molecule has 1 aromatic heterocycles. The number of fused-ring (bicyclic) bond motifs is 1. The molecule has 1 unspecified atom stereocenters. The summed E-state index contributed by atoms with van der Waals surface area (Å²) < 4.78 is 6.20. The fourth-order valence-corrected chi connectivity index (χ4v) is 4.08. The van der Waals surface area contributed by atoms with Crippen LogP contribution < -0.4 is 4.74 Å². The molecular weight excluding hydrogens is 388 g/mol. The number of carbonyl (C=O) groups excluding carboxylic acids is 1. The second-order valence-electron chi connectivity index (χ2n) is 9.24. The van der Waals surface area contributed by atoms with Crippen LogP contribution >= 0.6 is 0 Å². The topological polar surface area (TPSA) is 58.6 Å². The third kappa shape index (κ3) is 5.62. The lowest BCUT2D eigenvalue weighted by Gasteiger charge is -2.24. The molecule has 2 aliphatic carbocycles. The van der Waals surface area contributed by atoms with E-state index in [2.05, 4.69) is 4.90 Å². The Morgan fingerprint density at radius 1 is 1.00 bits per heavy atom. The summed E-state index contributed by atoms with van der Waals surface area (Å²) in [5.74, 6) is 2.38. The van der Waals surface area contributed by atoms with E-state index in [-0.39, 0.29) is 11.8 Å². The van der Waals surface area contributed by atoms with Crippen LogP contribution in [-0.4, -0.2) is 66.5 Å². The second-order valence-corrected chi connectivity index (χ2v) is 9.24. The van der Waals surface area contributed by atoms with Crippen LogP contribution in [0, 0.1) is 11.8 Å². The molecule has 4 rings (SSSR count). The maximum absolute atomic E-state index is 13.1. The van der Waals surface area contributed by atoms with E-state index in [1.807, 2.05) is 56.4 Å². The van der Waals surface area contributed by atoms with E-state index in [0.717, 1.165) is 73.9 Å². The van der Waals surface area contributed by atoms with Crippen molar-refractivity contribution in [1.29, 1.82) is 0 Å². The molecule has 0 bridgehead atoms. The van der Waals surface area contributed by atoms with Gasteiger partial charge in [0.05, 0.1) is 12.3 Å². The van der Waals surface area contributed by atoms with Crippen LogP contribution in [-0.2, 0) is 17.6 Å². The zero-order chi connectivity index (χ0) is 21.8. The number of carbonyl (C=O) groups is 1. The highest BCUT2D eigenvalue weighted by atomic mass is 16.5. The number of benzene rings is 1. The third-order valence-corrected chi connectivity index (χ3v) is 6.32. The SMILES string of the molecule is CN(C)CCN(C)C(=O)C1CCc2nc(-c3ccccc3)nc(OCC3CC3)c2CC1. The molecule has 1 atom stereocenters. The number of hydrogen-bond acceptors (Lipinski definition) is 5. The number of likely N-dealkylation sites (N-methyl/N-ethyl adjacent to an activating group) is 2. The van der Waals surface area contributed by atoms with Crippen LogP contribution in [0.1, 0.15) is 36.9 Å². The summed E-state index contributed by atoms with van der Waals surface area (Å²) >= 11 is 0. The third-order valence-electron chi connectivity index (χ3n) is 6.32. The minimum Gasteiger partial charge on any atom is -0.477 e. The molecule has 0 saturated heterocycles. The highest BCUT2D eigenvalue weighted by Gasteiger charge is 2.29. The van der Waals surface area contributed by atoms with Crippen LogP contribution in [0.5, 0.6) is 5.88 Å². The highest BCUT2D eigenvalue weighted by Crippen LogP contribution is 2.34. The van der Waals surface area contributed by atoms with Crippen molar-refractivity contribution in [3.8, 4) is 17.3 Å². The summed E-state index contributed by atoms with van der Waals surface area (Å²) in [5, 5.41) is 0. The summed E-state index contributed by atoms with van der Waals surface area (Å²) in [7, 11) is 5.99. The molecule has 0 radical (unpaired) electrons. The zero-order valence-electron chi connectivity index (χ0n) is 19.0. The Bertz CT molecular complexity index is 896. The first kappa shape index (κ1) is 21.8. The average molecular weight is 423 g/mol. The smallest absolute Gasteiger partial charge is 0.225 e. The average Bonchev–Trinajstić information content (AvgIpc) is 3.62. The van der Waals surface area contributed by atoms with Gasteiger partial charge in [0.25, 0.3) is 0 Å². The maximum Gasteiger partial charge on any atom is 0.225 e. The van der Waals surface area contributed by atoms with Gasteiger partial charge in [-0.3, -0.25) is 4.79 Å². The van der Waals surface area contributed by atoms with Gasteiger partial charge in [-0.25, -0.2) is 4.98 Å². The summed E-state index contributed by atoms with van der Waals surface area (Å²) in [6.45, 7) is 2.36. The first-order valence-electron chi connectivity index (χ1n) is 11.5. The predicted molar refractivity (Wildman–Crippen MR) is 122 cm³/mol. The van der Waals surface area contributed by atoms with Crippen molar-refractivity contribution in [3.05, 3.63) is 41.6 Å². The molecule has 0 aliphatic heterocycles. The van der Waals surface area contributed by atoms with Crippen molar-refractivity contribution in [2.24, 2.45) is 11.8 Å². The van der Waals surface area contributed by atoms with E-state index in [4.69, 9.17) is 14.7 Å². The first-order valence-corrected chi connectivity index (χ1v) is 11.5. The van der Waals surface area contributed by atoms with Crippen LogP contribution in [0.15, 0.2) is 30.3 Å². The molecule has 1 aromatic carbocycles. The van der Waals surface area contributed by atoms with Gasteiger partial charge in [-0.05, 0) is 58.5 Å². The predicted octanol–water partition coefficient (Wildman–Crippen LogP) is 3.45. The van der Waals surface area contributed by atoms with E-state index >= 15 is 0 Å². The quantitative estimate of drug-likeness (QED) is 0.610. The molecule has 1 saturated carbocycles. The Hall–Kier alpha value is -2.47. The van der Waals surface area contributed by atoms with Crippen molar-refractivity contribution in [3.63, 3.8) is 0 Å². The molecule has 2 aromatic rings. The van der Waals surface area contributed by atoms with Gasteiger partial charge in [0.2, 0.25) is 11.8 Å². The van der Waals surface area contributed by atoms with E-state index in [0.29, 0.717) is 5.92 Å². The summed E-state index contributed by atoms with van der Waals surface area (Å²) in [6, 6.07) is 10.1. The molecule has 166 valence electrons. The van der Waals surface area contributed by atoms with Gasteiger partial charge in [-0.2, -0.15) is 4.98 Å². The van der Waals surface area contributed by atoms with Crippen LogP contribution in [0.25, 0.3) is 11.4 Å². The number of hydrogen-bond donors (Lipinski definition) is 0. The molecule has 0 N–H and O–H groups in total. The van der Waals surface area contributed by atoms with Crippen molar-refractivity contribution >= 4 is 5.91 Å². The van der Waals surface area contributed by atoms with Crippen molar-refractivity contribution in [2.45, 2.75) is 38.5 Å². The fraction of sp³-hybridized carbons (Fsp3) is 0.560. The Balaban J connectivity index is 1.54. The highest BCUT2D eigenvalue weighted by molar-refractivity contribution is 5.78. The number of amides is 1. The Kier molecular flexibility index (Phi) is 6.86. The number of ether oxygens (including phenoxy) is 1. The standard InChI is InChI=1S/C25H34N4O2/c1-28(2)15-16-29(3)25(30)20-11-13-21-22(14-12-20)26-23(19-7-5-4-6-8-19)27-24(21)31-17-18-9-10-18/h4-8,18,20H,9-17H2,1-3H3. The lowest BCUT2D eigenvalue weighted by molar-refractivity contribution is -0.134. The normalized spacial score (nSPS) is 18.4. The minimum atomic E-state index is 0.0258. The molecule has 0 spiro atoms. The minimum absolute atomic E-state index is 0.0258. The second kappa shape index (κ2) is 9.77. The van der Waals surface area contributed by atoms with E-state index in [9.17, 15) is 4.79 Å². The van der Waals surface area contributed by atoms with Crippen LogP contribution in [0.3, 0.4) is 0 Å². The van der Waals surface area contributed by atoms with Gasteiger partial charge in [-0.1, -0.05) is 30.3 Å². The lowest BCUT2D eigenvalue weighted by atomic mass is 9.98. The molecule has 1 amide bonds. The Labute approximate surface area is 185 Å². The van der Waals surface area contributed by atoms with Gasteiger partial charge in [0.1, 0.15) is 0 Å². The number of aryl methyl sites for hydroxylation is 1. The van der Waals surface area contributed by atoms with E-state index in [1.165, 1.54) is 12.8 Å². The molecular formula is C25H34N4O2. The molecule has 6 nitrogen and oxygen atoms in total. The molecule has 2 aliphatic rings. The number of aromatic nitrogens is 2. The van der Waals surface area contributed by atoms with Gasteiger partial charge in [-0.15, -0.1) is 0 Å². The van der Waals surface area contributed by atoms with Crippen molar-refractivity contribution < 1.29 is 9.53 Å². The van der Waals surface area contributed by atoms with E-state index in [1.54, 1.807) is 0 Å². The zero-order valence-corrected chi connectivity index (χ0v) is 19.0. The Morgan fingerprint density at radius 2 is 1.74 bits per heavy atom. The van der Waals surface area contributed by atoms with Crippen LogP contribution in [0.2, 0.25) is 0 Å². The monoisotopic (exact) mass is 422 g/mol. The molecule has 6 heteroatoms. The van der Waals surface area contributed by atoms with Crippen molar-refractivity contribution in [1.82, 2.24) is 19.8 Å². The van der Waals surface area contributed by atoms with Gasteiger partial charge in [0.15, 0.2) is 5.82 Å². The fourth-order valence-electron chi connectivity index (χ4n) is 4.08. The van der Waals surface area contributed by atoms with Crippen LogP contribution in [0.4, 0.5) is 0 Å². The van der Waals surface area contributed by atoms with Crippen molar-refractivity contribution in [2.75, 3.05) is 40.8 Å². The number of nitrogens with zero attached hydrogens (tertiary/aromatic N) is 4. The molecule has 1 heterocycles. The van der Waals surface area contributed by atoms with Gasteiger partial charge in [0, 0.05) is 37.2 Å². The largest absolute Gasteiger partial charge is 0.477 e. The molecule has 31 heavy (non-hydrogen) atoms. The summed E-state index contributed by atoms with van der Waals surface area (Å²) in [6.07, 6.45) is 5.72.